The molecular weight excluding hydrogens is 248 g/mol. The maximum atomic E-state index is 3.63. The molecule has 0 saturated carbocycles. The Hall–Kier alpha value is -1.34. The largest absolute Gasteiger partial charge is 0.0985 e. The second-order valence-corrected chi connectivity index (χ2v) is 3.83. The molecule has 2 aromatic carbocycles. The Morgan fingerprint density at radius 1 is 0.800 bits per heavy atom. The summed E-state index contributed by atoms with van der Waals surface area (Å²) in [6.07, 6.45) is 1.83. The van der Waals surface area contributed by atoms with E-state index in [0.717, 1.165) is 4.47 Å². The predicted molar refractivity (Wildman–Crippen MR) is 70.7 cm³/mol. The average molecular weight is 261 g/mol. The van der Waals surface area contributed by atoms with Gasteiger partial charge < -0.3 is 0 Å². The monoisotopic (exact) mass is 260 g/mol. The zero-order valence-electron chi connectivity index (χ0n) is 8.44. The van der Waals surface area contributed by atoms with E-state index < -0.39 is 0 Å². The number of rotatable bonds is 1. The minimum Gasteiger partial charge on any atom is -0.0985 e. The number of benzene rings is 2. The highest BCUT2D eigenvalue weighted by atomic mass is 79.9. The van der Waals surface area contributed by atoms with E-state index in [0.29, 0.717) is 0 Å². The predicted octanol–water partition coefficient (Wildman–Crippen LogP) is 4.78. The summed E-state index contributed by atoms with van der Waals surface area (Å²) in [7, 11) is 0. The molecule has 0 heterocycles. The van der Waals surface area contributed by atoms with Crippen molar-refractivity contribution in [2.45, 2.75) is 0 Å². The van der Waals surface area contributed by atoms with Crippen LogP contribution in [0.3, 0.4) is 0 Å². The highest BCUT2D eigenvalue weighted by molar-refractivity contribution is 9.10. The zero-order chi connectivity index (χ0) is 10.9. The lowest BCUT2D eigenvalue weighted by atomic mass is 10.2. The first kappa shape index (κ1) is 11.7. The molecule has 2 rings (SSSR count). The van der Waals surface area contributed by atoms with Gasteiger partial charge in [-0.3, -0.25) is 0 Å². The van der Waals surface area contributed by atoms with Crippen LogP contribution in [0.25, 0.3) is 6.08 Å². The minimum absolute atomic E-state index is 1.13. The van der Waals surface area contributed by atoms with Gasteiger partial charge in [-0.25, -0.2) is 0 Å². The molecule has 0 atom stereocenters. The Morgan fingerprint density at radius 2 is 1.27 bits per heavy atom. The van der Waals surface area contributed by atoms with Crippen LogP contribution in [0.2, 0.25) is 0 Å². The van der Waals surface area contributed by atoms with Crippen LogP contribution in [0.15, 0.2) is 71.7 Å². The Kier molecular flexibility index (Phi) is 5.49. The molecular formula is C14H13Br. The summed E-state index contributed by atoms with van der Waals surface area (Å²) in [5.74, 6) is 0. The quantitative estimate of drug-likeness (QED) is 0.693. The molecule has 0 bridgehead atoms. The smallest absolute Gasteiger partial charge is 0.0175 e. The van der Waals surface area contributed by atoms with Gasteiger partial charge in [-0.15, -0.1) is 0 Å². The summed E-state index contributed by atoms with van der Waals surface area (Å²) in [5, 5.41) is 0. The first-order valence-corrected chi connectivity index (χ1v) is 5.50. The van der Waals surface area contributed by atoms with Crippen molar-refractivity contribution in [3.05, 3.63) is 77.3 Å². The second-order valence-electron chi connectivity index (χ2n) is 2.91. The fourth-order valence-electron chi connectivity index (χ4n) is 1.00. The van der Waals surface area contributed by atoms with Crippen molar-refractivity contribution in [1.82, 2.24) is 0 Å². The molecule has 0 aliphatic carbocycles. The standard InChI is InChI=1S/C8H8.C6H5Br/c1-2-8-6-4-3-5-7-8;7-6-4-2-1-3-5-6/h2-7H,1H2;1-5H. The van der Waals surface area contributed by atoms with E-state index in [9.17, 15) is 0 Å². The van der Waals surface area contributed by atoms with Gasteiger partial charge >= 0.3 is 0 Å². The lowest BCUT2D eigenvalue weighted by Crippen LogP contribution is -1.63. The molecule has 0 spiro atoms. The third-order valence-corrected chi connectivity index (χ3v) is 2.30. The maximum absolute atomic E-state index is 3.63. The van der Waals surface area contributed by atoms with Crippen molar-refractivity contribution in [2.75, 3.05) is 0 Å². The summed E-state index contributed by atoms with van der Waals surface area (Å²) >= 11 is 3.31. The molecule has 0 unspecified atom stereocenters. The molecule has 0 saturated heterocycles. The molecule has 15 heavy (non-hydrogen) atoms. The highest BCUT2D eigenvalue weighted by Gasteiger charge is 1.76. The third kappa shape index (κ3) is 5.18. The SMILES string of the molecule is Brc1ccccc1.C=Cc1ccccc1. The Balaban J connectivity index is 0.000000151. The van der Waals surface area contributed by atoms with Gasteiger partial charge in [0.25, 0.3) is 0 Å². The van der Waals surface area contributed by atoms with Crippen LogP contribution in [-0.4, -0.2) is 0 Å². The summed E-state index contributed by atoms with van der Waals surface area (Å²) in [4.78, 5) is 0. The van der Waals surface area contributed by atoms with Crippen molar-refractivity contribution in [1.29, 1.82) is 0 Å². The summed E-state index contributed by atoms with van der Waals surface area (Å²) in [6.45, 7) is 3.63. The second kappa shape index (κ2) is 7.02. The first-order valence-electron chi connectivity index (χ1n) is 4.71. The molecule has 0 aromatic heterocycles. The molecule has 0 nitrogen and oxygen atoms in total. The molecule has 0 fully saturated rings. The van der Waals surface area contributed by atoms with Gasteiger partial charge in [0.05, 0.1) is 0 Å². The summed E-state index contributed by atoms with van der Waals surface area (Å²) in [5.41, 5.74) is 1.17. The lowest BCUT2D eigenvalue weighted by molar-refractivity contribution is 1.66. The Bertz CT molecular complexity index is 379. The number of hydrogen-bond donors (Lipinski definition) is 0. The fraction of sp³-hybridized carbons (Fsp3) is 0. The van der Waals surface area contributed by atoms with Gasteiger partial charge in [-0.05, 0) is 17.7 Å². The summed E-state index contributed by atoms with van der Waals surface area (Å²) < 4.78 is 1.13. The van der Waals surface area contributed by atoms with Crippen molar-refractivity contribution in [3.8, 4) is 0 Å². The van der Waals surface area contributed by atoms with Gasteiger partial charge in [0.2, 0.25) is 0 Å². The van der Waals surface area contributed by atoms with E-state index in [2.05, 4.69) is 22.5 Å². The van der Waals surface area contributed by atoms with Gasteiger partial charge in [0, 0.05) is 4.47 Å². The Morgan fingerprint density at radius 3 is 1.53 bits per heavy atom. The molecule has 0 N–H and O–H groups in total. The van der Waals surface area contributed by atoms with E-state index in [1.807, 2.05) is 66.7 Å². The van der Waals surface area contributed by atoms with E-state index >= 15 is 0 Å². The van der Waals surface area contributed by atoms with Gasteiger partial charge in [-0.2, -0.15) is 0 Å². The molecule has 2 aromatic rings. The normalized spacial score (nSPS) is 8.60. The van der Waals surface area contributed by atoms with E-state index in [1.54, 1.807) is 0 Å². The van der Waals surface area contributed by atoms with Crippen LogP contribution in [0.4, 0.5) is 0 Å². The fourth-order valence-corrected chi connectivity index (χ4v) is 1.31. The van der Waals surface area contributed by atoms with Crippen molar-refractivity contribution >= 4 is 22.0 Å². The maximum Gasteiger partial charge on any atom is 0.0175 e. The van der Waals surface area contributed by atoms with Gasteiger partial charge in [0.15, 0.2) is 0 Å². The zero-order valence-corrected chi connectivity index (χ0v) is 10.0. The lowest BCUT2D eigenvalue weighted by Gasteiger charge is -1.85. The van der Waals surface area contributed by atoms with E-state index in [4.69, 9.17) is 0 Å². The molecule has 1 heteroatoms. The third-order valence-electron chi connectivity index (χ3n) is 1.77. The van der Waals surface area contributed by atoms with E-state index in [-0.39, 0.29) is 0 Å². The minimum atomic E-state index is 1.13. The van der Waals surface area contributed by atoms with Crippen molar-refractivity contribution in [2.24, 2.45) is 0 Å². The highest BCUT2D eigenvalue weighted by Crippen LogP contribution is 2.05. The molecule has 0 aliphatic rings. The topological polar surface area (TPSA) is 0 Å². The van der Waals surface area contributed by atoms with Gasteiger partial charge in [0.1, 0.15) is 0 Å². The van der Waals surface area contributed by atoms with Crippen LogP contribution >= 0.6 is 15.9 Å². The molecule has 0 aliphatic heterocycles. The van der Waals surface area contributed by atoms with Gasteiger partial charge in [-0.1, -0.05) is 77.1 Å². The van der Waals surface area contributed by atoms with Crippen molar-refractivity contribution in [3.63, 3.8) is 0 Å². The number of hydrogen-bond acceptors (Lipinski definition) is 0. The molecule has 0 amide bonds. The van der Waals surface area contributed by atoms with Crippen LogP contribution < -0.4 is 0 Å². The Labute approximate surface area is 99.4 Å². The van der Waals surface area contributed by atoms with Crippen LogP contribution in [0, 0.1) is 0 Å². The summed E-state index contributed by atoms with van der Waals surface area (Å²) in [6, 6.07) is 20.0. The molecule has 76 valence electrons. The van der Waals surface area contributed by atoms with Crippen LogP contribution in [0.1, 0.15) is 5.56 Å². The van der Waals surface area contributed by atoms with Crippen LogP contribution in [0.5, 0.6) is 0 Å². The molecule has 0 radical (unpaired) electrons. The van der Waals surface area contributed by atoms with Crippen LogP contribution in [-0.2, 0) is 0 Å². The number of halogens is 1. The van der Waals surface area contributed by atoms with Crippen molar-refractivity contribution < 1.29 is 0 Å². The first-order chi connectivity index (χ1) is 7.33. The van der Waals surface area contributed by atoms with E-state index in [1.165, 1.54) is 5.56 Å². The average Bonchev–Trinajstić information content (AvgIpc) is 2.32.